The first-order chi connectivity index (χ1) is 17.2. The van der Waals surface area contributed by atoms with Gasteiger partial charge in [0.15, 0.2) is 0 Å². The normalized spacial score (nSPS) is 13.0. The van der Waals surface area contributed by atoms with E-state index >= 15 is 0 Å². The van der Waals surface area contributed by atoms with E-state index in [0.29, 0.717) is 76.0 Å². The third-order valence-corrected chi connectivity index (χ3v) is 5.25. The van der Waals surface area contributed by atoms with Gasteiger partial charge in [-0.1, -0.05) is 18.2 Å². The zero-order valence-electron chi connectivity index (χ0n) is 20.2. The fourth-order valence-electron chi connectivity index (χ4n) is 3.44. The molecule has 190 valence electrons. The fourth-order valence-corrected chi connectivity index (χ4v) is 3.44. The minimum Gasteiger partial charge on any atom is -0.378 e. The van der Waals surface area contributed by atoms with Gasteiger partial charge in [-0.05, 0) is 30.5 Å². The largest absolute Gasteiger partial charge is 0.378 e. The first-order valence-corrected chi connectivity index (χ1v) is 12.0. The maximum absolute atomic E-state index is 12.3. The molecule has 2 aromatic rings. The van der Waals surface area contributed by atoms with Crippen LogP contribution in [0.2, 0.25) is 0 Å². The smallest absolute Gasteiger partial charge is 0.251 e. The molecule has 1 amide bonds. The van der Waals surface area contributed by atoms with Crippen molar-refractivity contribution < 1.29 is 14.3 Å². The SMILES string of the molecule is C=CCNc1nc(NCc2ccc(C(=O)NCCOCCOCCN)cc2)nc(N2CCCC2)n1. The summed E-state index contributed by atoms with van der Waals surface area (Å²) in [4.78, 5) is 28.1. The molecule has 3 rings (SSSR count). The van der Waals surface area contributed by atoms with Crippen LogP contribution in [0.4, 0.5) is 17.8 Å². The Bertz CT molecular complexity index is 919. The topological polar surface area (TPSA) is 140 Å². The summed E-state index contributed by atoms with van der Waals surface area (Å²) in [6, 6.07) is 7.42. The quantitative estimate of drug-likeness (QED) is 0.204. The molecule has 0 bridgehead atoms. The average Bonchev–Trinajstić information content (AvgIpc) is 3.43. The number of benzene rings is 1. The van der Waals surface area contributed by atoms with Crippen LogP contribution < -0.4 is 26.6 Å². The number of hydrogen-bond acceptors (Lipinski definition) is 10. The highest BCUT2D eigenvalue weighted by molar-refractivity contribution is 5.94. The Kier molecular flexibility index (Phi) is 11.2. The number of nitrogens with zero attached hydrogens (tertiary/aromatic N) is 4. The predicted octanol–water partition coefficient (Wildman–Crippen LogP) is 1.40. The summed E-state index contributed by atoms with van der Waals surface area (Å²) >= 11 is 0. The highest BCUT2D eigenvalue weighted by Crippen LogP contribution is 2.19. The Morgan fingerprint density at radius 3 is 2.37 bits per heavy atom. The molecule has 11 heteroatoms. The molecule has 1 aliphatic heterocycles. The monoisotopic (exact) mass is 484 g/mol. The summed E-state index contributed by atoms with van der Waals surface area (Å²) in [5.74, 6) is 1.55. The van der Waals surface area contributed by atoms with Gasteiger partial charge in [0, 0.05) is 44.8 Å². The van der Waals surface area contributed by atoms with Crippen molar-refractivity contribution in [2.24, 2.45) is 5.73 Å². The molecule has 1 saturated heterocycles. The van der Waals surface area contributed by atoms with E-state index in [9.17, 15) is 4.79 Å². The Morgan fingerprint density at radius 2 is 1.69 bits per heavy atom. The number of nitrogens with two attached hydrogens (primary N) is 1. The molecule has 0 aliphatic carbocycles. The Labute approximate surface area is 206 Å². The minimum atomic E-state index is -0.141. The Balaban J connectivity index is 1.46. The maximum Gasteiger partial charge on any atom is 0.251 e. The first-order valence-electron chi connectivity index (χ1n) is 12.0. The lowest BCUT2D eigenvalue weighted by atomic mass is 10.1. The summed E-state index contributed by atoms with van der Waals surface area (Å²) in [5.41, 5.74) is 6.94. The van der Waals surface area contributed by atoms with E-state index in [2.05, 4.69) is 42.4 Å². The highest BCUT2D eigenvalue weighted by Gasteiger charge is 2.17. The van der Waals surface area contributed by atoms with Gasteiger partial charge in [0.1, 0.15) is 0 Å². The van der Waals surface area contributed by atoms with Gasteiger partial charge in [0.2, 0.25) is 17.8 Å². The van der Waals surface area contributed by atoms with E-state index in [-0.39, 0.29) is 5.91 Å². The molecule has 1 aromatic carbocycles. The summed E-state index contributed by atoms with van der Waals surface area (Å²) in [6.07, 6.45) is 4.04. The van der Waals surface area contributed by atoms with Gasteiger partial charge >= 0.3 is 0 Å². The van der Waals surface area contributed by atoms with E-state index in [0.717, 1.165) is 31.5 Å². The van der Waals surface area contributed by atoms with Crippen LogP contribution in [0.25, 0.3) is 0 Å². The lowest BCUT2D eigenvalue weighted by Gasteiger charge is -2.17. The zero-order chi connectivity index (χ0) is 24.7. The molecule has 5 N–H and O–H groups in total. The molecule has 35 heavy (non-hydrogen) atoms. The first kappa shape index (κ1) is 26.3. The number of nitrogens with one attached hydrogen (secondary N) is 3. The number of ether oxygens (including phenoxy) is 2. The molecular formula is C24H36N8O3. The molecule has 1 fully saturated rings. The third-order valence-electron chi connectivity index (χ3n) is 5.25. The number of hydrogen-bond donors (Lipinski definition) is 4. The van der Waals surface area contributed by atoms with Crippen LogP contribution in [-0.4, -0.2) is 80.0 Å². The van der Waals surface area contributed by atoms with Gasteiger partial charge in [-0.25, -0.2) is 0 Å². The van der Waals surface area contributed by atoms with Crippen molar-refractivity contribution in [3.8, 4) is 0 Å². The van der Waals surface area contributed by atoms with E-state index in [1.807, 2.05) is 12.1 Å². The minimum absolute atomic E-state index is 0.141. The van der Waals surface area contributed by atoms with Gasteiger partial charge in [-0.3, -0.25) is 4.79 Å². The van der Waals surface area contributed by atoms with Crippen LogP contribution >= 0.6 is 0 Å². The molecule has 0 radical (unpaired) electrons. The van der Waals surface area contributed by atoms with Gasteiger partial charge in [0.05, 0.1) is 26.4 Å². The van der Waals surface area contributed by atoms with Gasteiger partial charge in [-0.2, -0.15) is 15.0 Å². The number of anilines is 3. The lowest BCUT2D eigenvalue weighted by molar-refractivity contribution is 0.0511. The van der Waals surface area contributed by atoms with Crippen LogP contribution in [0.1, 0.15) is 28.8 Å². The Hall–Kier alpha value is -3.28. The molecule has 1 aromatic heterocycles. The van der Waals surface area contributed by atoms with E-state index < -0.39 is 0 Å². The molecular weight excluding hydrogens is 448 g/mol. The van der Waals surface area contributed by atoms with Crippen molar-refractivity contribution in [2.75, 3.05) is 74.7 Å². The number of carbonyl (C=O) groups excluding carboxylic acids is 1. The van der Waals surface area contributed by atoms with Crippen LogP contribution in [0.3, 0.4) is 0 Å². The van der Waals surface area contributed by atoms with Crippen molar-refractivity contribution in [1.82, 2.24) is 20.3 Å². The molecule has 11 nitrogen and oxygen atoms in total. The molecule has 0 atom stereocenters. The number of aromatic nitrogens is 3. The fraction of sp³-hybridized carbons (Fsp3) is 0.500. The van der Waals surface area contributed by atoms with E-state index in [1.54, 1.807) is 18.2 Å². The van der Waals surface area contributed by atoms with Gasteiger partial charge in [-0.15, -0.1) is 6.58 Å². The van der Waals surface area contributed by atoms with Crippen LogP contribution in [-0.2, 0) is 16.0 Å². The zero-order valence-corrected chi connectivity index (χ0v) is 20.2. The van der Waals surface area contributed by atoms with Crippen LogP contribution in [0.5, 0.6) is 0 Å². The molecule has 2 heterocycles. The van der Waals surface area contributed by atoms with Crippen LogP contribution in [0, 0.1) is 0 Å². The van der Waals surface area contributed by atoms with Crippen LogP contribution in [0.15, 0.2) is 36.9 Å². The maximum atomic E-state index is 12.3. The summed E-state index contributed by atoms with van der Waals surface area (Å²) < 4.78 is 10.6. The molecule has 0 spiro atoms. The summed E-state index contributed by atoms with van der Waals surface area (Å²) in [7, 11) is 0. The number of carbonyl (C=O) groups is 1. The highest BCUT2D eigenvalue weighted by atomic mass is 16.5. The average molecular weight is 485 g/mol. The molecule has 0 unspecified atom stereocenters. The van der Waals surface area contributed by atoms with Crippen molar-refractivity contribution >= 4 is 23.8 Å². The van der Waals surface area contributed by atoms with Crippen molar-refractivity contribution in [2.45, 2.75) is 19.4 Å². The molecule has 0 saturated carbocycles. The van der Waals surface area contributed by atoms with Crippen molar-refractivity contribution in [3.63, 3.8) is 0 Å². The predicted molar refractivity (Wildman–Crippen MR) is 137 cm³/mol. The lowest BCUT2D eigenvalue weighted by Crippen LogP contribution is -2.27. The van der Waals surface area contributed by atoms with Crippen molar-refractivity contribution in [3.05, 3.63) is 48.0 Å². The van der Waals surface area contributed by atoms with E-state index in [1.165, 1.54) is 0 Å². The van der Waals surface area contributed by atoms with Crippen molar-refractivity contribution in [1.29, 1.82) is 0 Å². The second-order valence-electron chi connectivity index (χ2n) is 7.97. The van der Waals surface area contributed by atoms with Gasteiger partial charge in [0.25, 0.3) is 5.91 Å². The summed E-state index contributed by atoms with van der Waals surface area (Å²) in [6.45, 7) is 9.56. The number of amides is 1. The van der Waals surface area contributed by atoms with Gasteiger partial charge < -0.3 is 36.1 Å². The number of rotatable bonds is 16. The second kappa shape index (κ2) is 14.9. The Morgan fingerprint density at radius 1 is 1.00 bits per heavy atom. The molecule has 1 aliphatic rings. The summed E-state index contributed by atoms with van der Waals surface area (Å²) in [5, 5.41) is 9.26. The standard InChI is InChI=1S/C24H36N8O3/c1-2-10-27-22-29-23(31-24(30-22)32-12-3-4-13-32)28-18-19-5-7-20(8-6-19)21(33)26-11-15-35-17-16-34-14-9-25/h2,5-8H,1,3-4,9-18,25H2,(H,26,33)(H2,27,28,29,30,31). The third kappa shape index (κ3) is 9.12. The van der Waals surface area contributed by atoms with E-state index in [4.69, 9.17) is 15.2 Å². The second-order valence-corrected chi connectivity index (χ2v) is 7.97.